The molecule has 0 aliphatic heterocycles. The molecule has 0 aliphatic rings. The highest BCUT2D eigenvalue weighted by Gasteiger charge is 2.05. The maximum absolute atomic E-state index is 5.11. The van der Waals surface area contributed by atoms with Crippen molar-refractivity contribution in [2.24, 2.45) is 0 Å². The number of nitrogens with one attached hydrogen (secondary N) is 1. The quantitative estimate of drug-likeness (QED) is 0.769. The molecule has 1 N–H and O–H groups in total. The second-order valence-electron chi connectivity index (χ2n) is 2.67. The lowest BCUT2D eigenvalue weighted by molar-refractivity contribution is 0.399. The number of anilines is 1. The molecule has 0 spiro atoms. The van der Waals surface area contributed by atoms with Gasteiger partial charge in [0, 0.05) is 12.7 Å². The molecule has 1 aromatic heterocycles. The summed E-state index contributed by atoms with van der Waals surface area (Å²) in [4.78, 5) is 4.28. The maximum Gasteiger partial charge on any atom is 0.237 e. The molecule has 0 aliphatic carbocycles. The molecule has 1 aromatic rings. The third-order valence-corrected chi connectivity index (χ3v) is 1.90. The van der Waals surface area contributed by atoms with E-state index in [0.29, 0.717) is 5.88 Å². The van der Waals surface area contributed by atoms with Crippen LogP contribution >= 0.6 is 0 Å². The Labute approximate surface area is 78.4 Å². The highest BCUT2D eigenvalue weighted by Crippen LogP contribution is 2.24. The molecule has 3 heteroatoms. The molecular weight excluding hydrogens is 164 g/mol. The van der Waals surface area contributed by atoms with Gasteiger partial charge >= 0.3 is 0 Å². The van der Waals surface area contributed by atoms with Crippen LogP contribution in [0.25, 0.3) is 6.08 Å². The molecule has 0 unspecified atom stereocenters. The van der Waals surface area contributed by atoms with Crippen molar-refractivity contribution in [2.75, 3.05) is 19.5 Å². The summed E-state index contributed by atoms with van der Waals surface area (Å²) in [5, 5.41) is 3.01. The van der Waals surface area contributed by atoms with Crippen LogP contribution in [0, 0.1) is 6.92 Å². The van der Waals surface area contributed by atoms with Crippen molar-refractivity contribution >= 4 is 11.8 Å². The molecule has 1 heterocycles. The Hall–Kier alpha value is -1.51. The Bertz CT molecular complexity index is 321. The van der Waals surface area contributed by atoms with E-state index >= 15 is 0 Å². The monoisotopic (exact) mass is 178 g/mol. The smallest absolute Gasteiger partial charge is 0.237 e. The minimum absolute atomic E-state index is 0.616. The Morgan fingerprint density at radius 2 is 2.31 bits per heavy atom. The second kappa shape index (κ2) is 3.94. The highest BCUT2D eigenvalue weighted by molar-refractivity contribution is 5.62. The first-order valence-corrected chi connectivity index (χ1v) is 4.08. The number of aryl methyl sites for hydroxylation is 1. The normalized spacial score (nSPS) is 9.46. The number of ether oxygens (including phenoxy) is 1. The molecule has 0 atom stereocenters. The van der Waals surface area contributed by atoms with Crippen molar-refractivity contribution in [1.82, 2.24) is 4.98 Å². The van der Waals surface area contributed by atoms with E-state index in [1.807, 2.05) is 20.0 Å². The van der Waals surface area contributed by atoms with Gasteiger partial charge in [-0.2, -0.15) is 0 Å². The molecule has 0 saturated heterocycles. The van der Waals surface area contributed by atoms with Crippen LogP contribution in [0.4, 0.5) is 5.69 Å². The van der Waals surface area contributed by atoms with Crippen LogP contribution in [-0.2, 0) is 0 Å². The van der Waals surface area contributed by atoms with Gasteiger partial charge in [0.1, 0.15) is 0 Å². The van der Waals surface area contributed by atoms with Gasteiger partial charge in [-0.15, -0.1) is 0 Å². The van der Waals surface area contributed by atoms with Gasteiger partial charge in [0.25, 0.3) is 0 Å². The molecule has 0 bridgehead atoms. The molecule has 13 heavy (non-hydrogen) atoms. The molecule has 0 saturated carbocycles. The molecule has 0 amide bonds. The van der Waals surface area contributed by atoms with Gasteiger partial charge in [0.05, 0.1) is 12.8 Å². The summed E-state index contributed by atoms with van der Waals surface area (Å²) in [6.45, 7) is 5.64. The fraction of sp³-hybridized carbons (Fsp3) is 0.300. The predicted molar refractivity (Wildman–Crippen MR) is 55.2 cm³/mol. The number of aromatic nitrogens is 1. The molecule has 1 rings (SSSR count). The number of methoxy groups -OCH3 is 1. The van der Waals surface area contributed by atoms with Crippen LogP contribution in [0.2, 0.25) is 0 Å². The average molecular weight is 178 g/mol. The Morgan fingerprint density at radius 3 is 2.77 bits per heavy atom. The van der Waals surface area contributed by atoms with E-state index in [0.717, 1.165) is 16.9 Å². The number of pyridine rings is 1. The zero-order chi connectivity index (χ0) is 9.84. The second-order valence-corrected chi connectivity index (χ2v) is 2.67. The summed E-state index contributed by atoms with van der Waals surface area (Å²) in [5.41, 5.74) is 2.82. The SMILES string of the molecule is C=Cc1cc(NC)c(OC)nc1C. The highest BCUT2D eigenvalue weighted by atomic mass is 16.5. The summed E-state index contributed by atoms with van der Waals surface area (Å²) in [7, 11) is 3.44. The van der Waals surface area contributed by atoms with Gasteiger partial charge in [-0.25, -0.2) is 4.98 Å². The standard InChI is InChI=1S/C10H14N2O/c1-5-8-6-9(11-3)10(13-4)12-7(8)2/h5-6,11H,1H2,2-4H3. The van der Waals surface area contributed by atoms with Crippen molar-refractivity contribution in [2.45, 2.75) is 6.92 Å². The van der Waals surface area contributed by atoms with Gasteiger partial charge in [-0.1, -0.05) is 12.7 Å². The third kappa shape index (κ3) is 1.80. The van der Waals surface area contributed by atoms with Crippen molar-refractivity contribution in [1.29, 1.82) is 0 Å². The molecule has 0 fully saturated rings. The molecular formula is C10H14N2O. The summed E-state index contributed by atoms with van der Waals surface area (Å²) >= 11 is 0. The molecule has 70 valence electrons. The summed E-state index contributed by atoms with van der Waals surface area (Å²) in [6.07, 6.45) is 1.78. The molecule has 0 aromatic carbocycles. The summed E-state index contributed by atoms with van der Waals surface area (Å²) in [6, 6.07) is 1.97. The lowest BCUT2D eigenvalue weighted by Crippen LogP contribution is -1.99. The number of rotatable bonds is 3. The first kappa shape index (κ1) is 9.58. The van der Waals surface area contributed by atoms with Crippen molar-refractivity contribution < 1.29 is 4.74 Å². The van der Waals surface area contributed by atoms with Gasteiger partial charge in [-0.3, -0.25) is 0 Å². The van der Waals surface area contributed by atoms with E-state index in [1.54, 1.807) is 13.2 Å². The lowest BCUT2D eigenvalue weighted by atomic mass is 10.2. The topological polar surface area (TPSA) is 34.1 Å². The van der Waals surface area contributed by atoms with E-state index in [-0.39, 0.29) is 0 Å². The Morgan fingerprint density at radius 1 is 1.62 bits per heavy atom. The van der Waals surface area contributed by atoms with Gasteiger partial charge in [-0.05, 0) is 18.6 Å². The van der Waals surface area contributed by atoms with Crippen molar-refractivity contribution in [3.63, 3.8) is 0 Å². The van der Waals surface area contributed by atoms with Crippen LogP contribution in [0.3, 0.4) is 0 Å². The van der Waals surface area contributed by atoms with Crippen LogP contribution in [0.1, 0.15) is 11.3 Å². The van der Waals surface area contributed by atoms with Gasteiger partial charge in [0.15, 0.2) is 0 Å². The van der Waals surface area contributed by atoms with Crippen LogP contribution in [0.5, 0.6) is 5.88 Å². The minimum Gasteiger partial charge on any atom is -0.480 e. The summed E-state index contributed by atoms with van der Waals surface area (Å²) in [5.74, 6) is 0.616. The van der Waals surface area contributed by atoms with Crippen LogP contribution < -0.4 is 10.1 Å². The summed E-state index contributed by atoms with van der Waals surface area (Å²) < 4.78 is 5.11. The first-order chi connectivity index (χ1) is 6.22. The lowest BCUT2D eigenvalue weighted by Gasteiger charge is -2.09. The average Bonchev–Trinajstić information content (AvgIpc) is 2.17. The predicted octanol–water partition coefficient (Wildman–Crippen LogP) is 2.08. The number of hydrogen-bond acceptors (Lipinski definition) is 3. The van der Waals surface area contributed by atoms with Gasteiger partial charge < -0.3 is 10.1 Å². The Kier molecular flexibility index (Phi) is 2.90. The first-order valence-electron chi connectivity index (χ1n) is 4.08. The number of hydrogen-bond donors (Lipinski definition) is 1. The maximum atomic E-state index is 5.11. The van der Waals surface area contributed by atoms with E-state index in [9.17, 15) is 0 Å². The largest absolute Gasteiger partial charge is 0.480 e. The molecule has 3 nitrogen and oxygen atoms in total. The zero-order valence-corrected chi connectivity index (χ0v) is 8.22. The fourth-order valence-corrected chi connectivity index (χ4v) is 1.14. The fourth-order valence-electron chi connectivity index (χ4n) is 1.14. The van der Waals surface area contributed by atoms with E-state index in [4.69, 9.17) is 4.74 Å². The van der Waals surface area contributed by atoms with E-state index < -0.39 is 0 Å². The van der Waals surface area contributed by atoms with Gasteiger partial charge in [0.2, 0.25) is 5.88 Å². The van der Waals surface area contributed by atoms with Crippen LogP contribution in [-0.4, -0.2) is 19.1 Å². The van der Waals surface area contributed by atoms with Crippen molar-refractivity contribution in [3.05, 3.63) is 23.9 Å². The molecule has 0 radical (unpaired) electrons. The van der Waals surface area contributed by atoms with Crippen molar-refractivity contribution in [3.8, 4) is 5.88 Å². The van der Waals surface area contributed by atoms with E-state index in [2.05, 4.69) is 16.9 Å². The Balaban J connectivity index is 3.26. The number of nitrogens with zero attached hydrogens (tertiary/aromatic N) is 1. The van der Waals surface area contributed by atoms with Crippen LogP contribution in [0.15, 0.2) is 12.6 Å². The zero-order valence-electron chi connectivity index (χ0n) is 8.22. The minimum atomic E-state index is 0.616. The third-order valence-electron chi connectivity index (χ3n) is 1.90. The van der Waals surface area contributed by atoms with E-state index in [1.165, 1.54) is 0 Å².